The smallest absolute Gasteiger partial charge is 0.259 e. The van der Waals surface area contributed by atoms with Gasteiger partial charge in [-0.3, -0.25) is 9.78 Å². The normalized spacial score (nSPS) is 10.2. The number of nitrogens with one attached hydrogen (secondary N) is 2. The standard InChI is InChI=1S/C16H19N3O2/c1-11-7-15(17-2)14(9-18-11)16(20)19-13-6-4-5-12(8-13)10-21-3/h4-9H,10H2,1-3H3,(H,17,18)(H,19,20). The van der Waals surface area contributed by atoms with Crippen molar-refractivity contribution in [1.29, 1.82) is 0 Å². The van der Waals surface area contributed by atoms with Gasteiger partial charge in [-0.1, -0.05) is 12.1 Å². The second-order valence-electron chi connectivity index (χ2n) is 4.71. The summed E-state index contributed by atoms with van der Waals surface area (Å²) in [5.74, 6) is -0.193. The minimum Gasteiger partial charge on any atom is -0.387 e. The van der Waals surface area contributed by atoms with Gasteiger partial charge in [0.05, 0.1) is 17.9 Å². The number of benzene rings is 1. The Kier molecular flexibility index (Phi) is 4.90. The Balaban J connectivity index is 2.20. The monoisotopic (exact) mass is 285 g/mol. The number of amides is 1. The fourth-order valence-electron chi connectivity index (χ4n) is 2.05. The summed E-state index contributed by atoms with van der Waals surface area (Å²) in [5, 5.41) is 5.89. The number of aryl methyl sites for hydroxylation is 1. The van der Waals surface area contributed by atoms with Crippen molar-refractivity contribution in [3.05, 3.63) is 53.3 Å². The van der Waals surface area contributed by atoms with E-state index in [4.69, 9.17) is 4.74 Å². The highest BCUT2D eigenvalue weighted by Gasteiger charge is 2.12. The van der Waals surface area contributed by atoms with E-state index in [2.05, 4.69) is 15.6 Å². The van der Waals surface area contributed by atoms with Crippen LogP contribution in [0.5, 0.6) is 0 Å². The number of nitrogens with zero attached hydrogens (tertiary/aromatic N) is 1. The van der Waals surface area contributed by atoms with E-state index in [0.29, 0.717) is 12.2 Å². The minimum atomic E-state index is -0.193. The molecule has 0 aliphatic carbocycles. The Hall–Kier alpha value is -2.40. The molecular formula is C16H19N3O2. The maximum atomic E-state index is 12.4. The molecule has 0 atom stereocenters. The number of aromatic nitrogens is 1. The zero-order chi connectivity index (χ0) is 15.2. The molecule has 1 heterocycles. The van der Waals surface area contributed by atoms with E-state index in [9.17, 15) is 4.79 Å². The van der Waals surface area contributed by atoms with Gasteiger partial charge in [0.25, 0.3) is 5.91 Å². The first kappa shape index (κ1) is 15.0. The fraction of sp³-hybridized carbons (Fsp3) is 0.250. The molecule has 1 aromatic heterocycles. The summed E-state index contributed by atoms with van der Waals surface area (Å²) >= 11 is 0. The van der Waals surface area contributed by atoms with Crippen LogP contribution in [0.15, 0.2) is 36.5 Å². The van der Waals surface area contributed by atoms with Gasteiger partial charge in [0.2, 0.25) is 0 Å². The summed E-state index contributed by atoms with van der Waals surface area (Å²) in [5.41, 5.74) is 3.87. The zero-order valence-corrected chi connectivity index (χ0v) is 12.4. The van der Waals surface area contributed by atoms with Gasteiger partial charge in [-0.25, -0.2) is 0 Å². The molecule has 0 bridgehead atoms. The Bertz CT molecular complexity index is 641. The second kappa shape index (κ2) is 6.85. The van der Waals surface area contributed by atoms with Crippen molar-refractivity contribution in [3.8, 4) is 0 Å². The fourth-order valence-corrected chi connectivity index (χ4v) is 2.05. The number of carbonyl (C=O) groups is 1. The number of hydrogen-bond acceptors (Lipinski definition) is 4. The summed E-state index contributed by atoms with van der Waals surface area (Å²) in [7, 11) is 3.42. The van der Waals surface area contributed by atoms with Crippen molar-refractivity contribution >= 4 is 17.3 Å². The minimum absolute atomic E-state index is 0.193. The SMILES string of the molecule is CNc1cc(C)ncc1C(=O)Nc1cccc(COC)c1. The van der Waals surface area contributed by atoms with Crippen LogP contribution in [-0.2, 0) is 11.3 Å². The van der Waals surface area contributed by atoms with Crippen LogP contribution >= 0.6 is 0 Å². The van der Waals surface area contributed by atoms with Gasteiger partial charge >= 0.3 is 0 Å². The second-order valence-corrected chi connectivity index (χ2v) is 4.71. The van der Waals surface area contributed by atoms with Gasteiger partial charge in [-0.15, -0.1) is 0 Å². The Morgan fingerprint density at radius 3 is 2.86 bits per heavy atom. The van der Waals surface area contributed by atoms with E-state index >= 15 is 0 Å². The number of rotatable bonds is 5. The molecule has 110 valence electrons. The zero-order valence-electron chi connectivity index (χ0n) is 12.4. The highest BCUT2D eigenvalue weighted by atomic mass is 16.5. The number of methoxy groups -OCH3 is 1. The molecule has 2 rings (SSSR count). The summed E-state index contributed by atoms with van der Waals surface area (Å²) in [6, 6.07) is 9.41. The molecule has 21 heavy (non-hydrogen) atoms. The van der Waals surface area contributed by atoms with Crippen molar-refractivity contribution in [2.75, 3.05) is 24.8 Å². The van der Waals surface area contributed by atoms with Crippen LogP contribution in [0.4, 0.5) is 11.4 Å². The summed E-state index contributed by atoms with van der Waals surface area (Å²) < 4.78 is 5.09. The number of pyridine rings is 1. The molecule has 0 saturated carbocycles. The third-order valence-corrected chi connectivity index (χ3v) is 3.05. The average molecular weight is 285 g/mol. The highest BCUT2D eigenvalue weighted by molar-refractivity contribution is 6.07. The molecule has 0 radical (unpaired) electrons. The van der Waals surface area contributed by atoms with Crippen LogP contribution in [0.25, 0.3) is 0 Å². The first-order valence-corrected chi connectivity index (χ1v) is 6.67. The van der Waals surface area contributed by atoms with Gasteiger partial charge < -0.3 is 15.4 Å². The maximum absolute atomic E-state index is 12.4. The van der Waals surface area contributed by atoms with Crippen LogP contribution in [0.2, 0.25) is 0 Å². The van der Waals surface area contributed by atoms with Gasteiger partial charge in [0, 0.05) is 31.7 Å². The molecule has 0 fully saturated rings. The van der Waals surface area contributed by atoms with Crippen LogP contribution in [-0.4, -0.2) is 25.0 Å². The third kappa shape index (κ3) is 3.79. The molecule has 1 aromatic carbocycles. The highest BCUT2D eigenvalue weighted by Crippen LogP contribution is 2.18. The summed E-state index contributed by atoms with van der Waals surface area (Å²) in [6.45, 7) is 2.40. The lowest BCUT2D eigenvalue weighted by Crippen LogP contribution is -2.14. The Morgan fingerprint density at radius 1 is 1.33 bits per heavy atom. The maximum Gasteiger partial charge on any atom is 0.259 e. The van der Waals surface area contributed by atoms with E-state index in [1.54, 1.807) is 20.4 Å². The molecule has 0 unspecified atom stereocenters. The summed E-state index contributed by atoms with van der Waals surface area (Å²) in [4.78, 5) is 16.5. The number of hydrogen-bond donors (Lipinski definition) is 2. The summed E-state index contributed by atoms with van der Waals surface area (Å²) in [6.07, 6.45) is 1.58. The van der Waals surface area contributed by atoms with E-state index in [1.165, 1.54) is 0 Å². The van der Waals surface area contributed by atoms with Crippen LogP contribution in [0, 0.1) is 6.92 Å². The third-order valence-electron chi connectivity index (χ3n) is 3.05. The van der Waals surface area contributed by atoms with Crippen LogP contribution in [0.3, 0.4) is 0 Å². The number of carbonyl (C=O) groups excluding carboxylic acids is 1. The molecule has 2 aromatic rings. The predicted molar refractivity (Wildman–Crippen MR) is 83.6 cm³/mol. The van der Waals surface area contributed by atoms with E-state index in [1.807, 2.05) is 37.3 Å². The van der Waals surface area contributed by atoms with Crippen molar-refractivity contribution in [2.45, 2.75) is 13.5 Å². The number of ether oxygens (including phenoxy) is 1. The molecule has 0 saturated heterocycles. The van der Waals surface area contributed by atoms with Crippen molar-refractivity contribution in [2.24, 2.45) is 0 Å². The molecule has 0 spiro atoms. The van der Waals surface area contributed by atoms with Gasteiger partial charge in [-0.05, 0) is 30.7 Å². The molecule has 5 heteroatoms. The van der Waals surface area contributed by atoms with Gasteiger partial charge in [0.15, 0.2) is 0 Å². The first-order chi connectivity index (χ1) is 10.1. The van der Waals surface area contributed by atoms with E-state index in [0.717, 1.165) is 22.6 Å². The average Bonchev–Trinajstić information content (AvgIpc) is 2.47. The van der Waals surface area contributed by atoms with Crippen molar-refractivity contribution < 1.29 is 9.53 Å². The van der Waals surface area contributed by atoms with E-state index < -0.39 is 0 Å². The molecule has 5 nitrogen and oxygen atoms in total. The van der Waals surface area contributed by atoms with E-state index in [-0.39, 0.29) is 5.91 Å². The van der Waals surface area contributed by atoms with Gasteiger partial charge in [0.1, 0.15) is 0 Å². The largest absolute Gasteiger partial charge is 0.387 e. The molecule has 2 N–H and O–H groups in total. The lowest BCUT2D eigenvalue weighted by atomic mass is 10.1. The molecule has 0 aliphatic rings. The van der Waals surface area contributed by atoms with Crippen molar-refractivity contribution in [3.63, 3.8) is 0 Å². The van der Waals surface area contributed by atoms with Crippen LogP contribution in [0.1, 0.15) is 21.6 Å². The topological polar surface area (TPSA) is 63.2 Å². The predicted octanol–water partition coefficient (Wildman–Crippen LogP) is 2.83. The Morgan fingerprint density at radius 2 is 2.14 bits per heavy atom. The molecule has 0 aliphatic heterocycles. The molecular weight excluding hydrogens is 266 g/mol. The quantitative estimate of drug-likeness (QED) is 0.886. The number of anilines is 2. The first-order valence-electron chi connectivity index (χ1n) is 6.67. The van der Waals surface area contributed by atoms with Crippen LogP contribution < -0.4 is 10.6 Å². The lowest BCUT2D eigenvalue weighted by molar-refractivity contribution is 0.102. The Labute approximate surface area is 124 Å². The van der Waals surface area contributed by atoms with Gasteiger partial charge in [-0.2, -0.15) is 0 Å². The van der Waals surface area contributed by atoms with Crippen molar-refractivity contribution in [1.82, 2.24) is 4.98 Å². The lowest BCUT2D eigenvalue weighted by Gasteiger charge is -2.11. The molecule has 1 amide bonds.